The van der Waals surface area contributed by atoms with E-state index in [9.17, 15) is 14.4 Å². The topological polar surface area (TPSA) is 171 Å². The van der Waals surface area contributed by atoms with Gasteiger partial charge >= 0.3 is 17.9 Å². The van der Waals surface area contributed by atoms with Gasteiger partial charge in [0.2, 0.25) is 0 Å². The summed E-state index contributed by atoms with van der Waals surface area (Å²) < 4.78 is 0. The van der Waals surface area contributed by atoms with Crippen LogP contribution in [0.2, 0.25) is 5.02 Å². The minimum atomic E-state index is -2.74. The number of benzene rings is 1. The molecule has 1 aromatic heterocycles. The lowest BCUT2D eigenvalue weighted by Gasteiger charge is -2.31. The molecule has 0 bridgehead atoms. The van der Waals surface area contributed by atoms with Crippen LogP contribution >= 0.6 is 11.6 Å². The SMILES string of the molecule is CC1(C)CCc2c(nc3cccc(Cl)c3c2N)C1.O=C(O)CC(O)(CC(=O)O)C(=O)O. The number of carboxylic acids is 3. The van der Waals surface area contributed by atoms with Crippen LogP contribution in [0.3, 0.4) is 0 Å². The zero-order valence-corrected chi connectivity index (χ0v) is 17.9. The number of nitrogens with zero attached hydrogens (tertiary/aromatic N) is 1. The number of rotatable bonds is 5. The summed E-state index contributed by atoms with van der Waals surface area (Å²) in [6, 6.07) is 5.79. The van der Waals surface area contributed by atoms with E-state index in [-0.39, 0.29) is 0 Å². The van der Waals surface area contributed by atoms with Gasteiger partial charge in [0.15, 0.2) is 5.60 Å². The minimum absolute atomic E-state index is 0.318. The second kappa shape index (κ2) is 9.07. The van der Waals surface area contributed by atoms with Crippen LogP contribution in [0.15, 0.2) is 18.2 Å². The van der Waals surface area contributed by atoms with Crippen molar-refractivity contribution in [3.8, 4) is 0 Å². The van der Waals surface area contributed by atoms with Crippen LogP contribution in [-0.2, 0) is 27.2 Å². The number of fused-ring (bicyclic) bond motifs is 2. The lowest BCUT2D eigenvalue weighted by Crippen LogP contribution is -2.42. The number of aromatic nitrogens is 1. The van der Waals surface area contributed by atoms with Gasteiger partial charge in [-0.3, -0.25) is 14.6 Å². The average Bonchev–Trinajstić information content (AvgIpc) is 2.59. The van der Waals surface area contributed by atoms with E-state index in [2.05, 4.69) is 13.8 Å². The number of aliphatic carboxylic acids is 3. The van der Waals surface area contributed by atoms with Gasteiger partial charge < -0.3 is 26.2 Å². The van der Waals surface area contributed by atoms with Crippen LogP contribution in [0.4, 0.5) is 5.69 Å². The van der Waals surface area contributed by atoms with Crippen LogP contribution in [-0.4, -0.2) is 48.9 Å². The summed E-state index contributed by atoms with van der Waals surface area (Å²) in [4.78, 5) is 35.3. The van der Waals surface area contributed by atoms with Crippen LogP contribution in [0.25, 0.3) is 10.9 Å². The second-order valence-electron chi connectivity index (χ2n) is 8.40. The van der Waals surface area contributed by atoms with Crippen LogP contribution in [0.1, 0.15) is 44.4 Å². The molecule has 3 rings (SSSR count). The predicted octanol–water partition coefficient (Wildman–Crippen LogP) is 2.74. The molecule has 1 aliphatic rings. The number of carbonyl (C=O) groups is 3. The van der Waals surface area contributed by atoms with Gasteiger partial charge in [0.1, 0.15) is 0 Å². The first-order chi connectivity index (χ1) is 14.3. The molecule has 31 heavy (non-hydrogen) atoms. The largest absolute Gasteiger partial charge is 0.481 e. The summed E-state index contributed by atoms with van der Waals surface area (Å²) in [7, 11) is 0. The van der Waals surface area contributed by atoms with E-state index in [4.69, 9.17) is 42.7 Å². The maximum atomic E-state index is 10.3. The third-order valence-corrected chi connectivity index (χ3v) is 5.49. The fraction of sp³-hybridized carbons (Fsp3) is 0.429. The third-order valence-electron chi connectivity index (χ3n) is 5.17. The van der Waals surface area contributed by atoms with E-state index in [1.165, 1.54) is 5.56 Å². The minimum Gasteiger partial charge on any atom is -0.481 e. The van der Waals surface area contributed by atoms with Crippen molar-refractivity contribution in [2.45, 2.75) is 51.6 Å². The van der Waals surface area contributed by atoms with Crippen LogP contribution in [0.5, 0.6) is 0 Å². The van der Waals surface area contributed by atoms with Crippen LogP contribution in [0, 0.1) is 5.41 Å². The van der Waals surface area contributed by atoms with Gasteiger partial charge in [-0.25, -0.2) is 4.79 Å². The molecule has 0 radical (unpaired) electrons. The zero-order valence-electron chi connectivity index (χ0n) is 17.2. The Morgan fingerprint density at radius 3 is 2.26 bits per heavy atom. The third kappa shape index (κ3) is 5.83. The first kappa shape index (κ1) is 24.4. The van der Waals surface area contributed by atoms with Crippen molar-refractivity contribution in [2.24, 2.45) is 5.41 Å². The molecule has 0 atom stereocenters. The maximum Gasteiger partial charge on any atom is 0.336 e. The number of pyridine rings is 1. The monoisotopic (exact) mass is 452 g/mol. The van der Waals surface area contributed by atoms with E-state index in [1.807, 2.05) is 18.2 Å². The highest BCUT2D eigenvalue weighted by Crippen LogP contribution is 2.40. The summed E-state index contributed by atoms with van der Waals surface area (Å²) in [6.07, 6.45) is 0.864. The number of aliphatic hydroxyl groups is 1. The Morgan fingerprint density at radius 1 is 1.16 bits per heavy atom. The molecule has 6 N–H and O–H groups in total. The standard InChI is InChI=1S/C15H17ClN2.C6H8O7/c1-15(2)7-6-9-12(8-15)18-11-5-3-4-10(16)13(11)14(9)17;7-3(8)1-6(13,5(11)12)2-4(9)10/h3-5H,6-8H2,1-2H3,(H2,17,18);13H,1-2H2,(H,7,8)(H,9,10)(H,11,12). The summed E-state index contributed by atoms with van der Waals surface area (Å²) in [5.74, 6) is -5.02. The van der Waals surface area contributed by atoms with Gasteiger partial charge in [-0.15, -0.1) is 0 Å². The molecule has 0 saturated heterocycles. The summed E-state index contributed by atoms with van der Waals surface area (Å²) >= 11 is 6.24. The lowest BCUT2D eigenvalue weighted by atomic mass is 9.75. The van der Waals surface area contributed by atoms with Crippen molar-refractivity contribution in [2.75, 3.05) is 5.73 Å². The van der Waals surface area contributed by atoms with Gasteiger partial charge in [0, 0.05) is 16.8 Å². The zero-order chi connectivity index (χ0) is 23.6. The molecule has 0 aliphatic heterocycles. The molecule has 0 saturated carbocycles. The summed E-state index contributed by atoms with van der Waals surface area (Å²) in [6.45, 7) is 4.58. The highest BCUT2D eigenvalue weighted by atomic mass is 35.5. The van der Waals surface area contributed by atoms with E-state index >= 15 is 0 Å². The molecule has 0 fully saturated rings. The molecule has 1 heterocycles. The predicted molar refractivity (Wildman–Crippen MR) is 114 cm³/mol. The lowest BCUT2D eigenvalue weighted by molar-refractivity contribution is -0.170. The Kier molecular flexibility index (Phi) is 7.13. The van der Waals surface area contributed by atoms with E-state index < -0.39 is 36.4 Å². The van der Waals surface area contributed by atoms with Gasteiger partial charge in [-0.1, -0.05) is 31.5 Å². The molecule has 0 amide bonds. The number of anilines is 1. The highest BCUT2D eigenvalue weighted by molar-refractivity contribution is 6.36. The molecule has 2 aromatic rings. The van der Waals surface area contributed by atoms with Crippen molar-refractivity contribution < 1.29 is 34.8 Å². The van der Waals surface area contributed by atoms with Gasteiger partial charge in [0.25, 0.3) is 0 Å². The second-order valence-corrected chi connectivity index (χ2v) is 8.81. The molecule has 10 heteroatoms. The molecule has 1 aliphatic carbocycles. The number of hydrogen-bond donors (Lipinski definition) is 5. The van der Waals surface area contributed by atoms with E-state index in [1.54, 1.807) is 0 Å². The molecule has 168 valence electrons. The molecular formula is C21H25ClN2O7. The quantitative estimate of drug-likeness (QED) is 0.457. The fourth-order valence-corrected chi connectivity index (χ4v) is 3.81. The first-order valence-electron chi connectivity index (χ1n) is 9.50. The average molecular weight is 453 g/mol. The number of halogens is 1. The van der Waals surface area contributed by atoms with Crippen LogP contribution < -0.4 is 5.73 Å². The first-order valence-corrected chi connectivity index (χ1v) is 9.88. The van der Waals surface area contributed by atoms with E-state index in [0.717, 1.165) is 41.5 Å². The van der Waals surface area contributed by atoms with E-state index in [0.29, 0.717) is 10.4 Å². The number of hydrogen-bond acceptors (Lipinski definition) is 6. The van der Waals surface area contributed by atoms with Gasteiger partial charge in [-0.2, -0.15) is 0 Å². The van der Waals surface area contributed by atoms with Crippen molar-refractivity contribution in [3.63, 3.8) is 0 Å². The fourth-order valence-electron chi connectivity index (χ4n) is 3.54. The Morgan fingerprint density at radius 2 is 1.74 bits per heavy atom. The number of nitrogen functional groups attached to an aromatic ring is 1. The Bertz CT molecular complexity index is 1020. The van der Waals surface area contributed by atoms with Crippen molar-refractivity contribution in [1.82, 2.24) is 4.98 Å². The number of carboxylic acid groups (broad SMARTS) is 3. The van der Waals surface area contributed by atoms with Crippen molar-refractivity contribution in [1.29, 1.82) is 0 Å². The molecule has 9 nitrogen and oxygen atoms in total. The number of nitrogens with two attached hydrogens (primary N) is 1. The molecule has 1 aromatic carbocycles. The molecule has 0 spiro atoms. The molecular weight excluding hydrogens is 428 g/mol. The summed E-state index contributed by atoms with van der Waals surface area (Å²) in [5.41, 5.74) is 7.98. The molecule has 0 unspecified atom stereocenters. The maximum absolute atomic E-state index is 10.3. The summed E-state index contributed by atoms with van der Waals surface area (Å²) in [5, 5.41) is 35.4. The van der Waals surface area contributed by atoms with Crippen molar-refractivity contribution in [3.05, 3.63) is 34.5 Å². The Balaban J connectivity index is 0.000000235. The Labute approximate surface area is 183 Å². The van der Waals surface area contributed by atoms with Gasteiger partial charge in [-0.05, 0) is 42.4 Å². The van der Waals surface area contributed by atoms with Crippen molar-refractivity contribution >= 4 is 46.1 Å². The normalized spacial score (nSPS) is 14.8. The highest BCUT2D eigenvalue weighted by Gasteiger charge is 2.40. The van der Waals surface area contributed by atoms with Gasteiger partial charge in [0.05, 0.1) is 23.4 Å². The Hall–Kier alpha value is -2.91. The smallest absolute Gasteiger partial charge is 0.336 e.